The van der Waals surface area contributed by atoms with Crippen molar-refractivity contribution in [2.24, 2.45) is 0 Å². The van der Waals surface area contributed by atoms with E-state index in [-0.39, 0.29) is 13.2 Å². The zero-order valence-corrected chi connectivity index (χ0v) is 9.57. The third kappa shape index (κ3) is 7.80. The average molecular weight is 248 g/mol. The lowest BCUT2D eigenvalue weighted by atomic mass is 10.8. The summed E-state index contributed by atoms with van der Waals surface area (Å²) >= 11 is 0. The van der Waals surface area contributed by atoms with Crippen LogP contribution in [0, 0.1) is 0 Å². The van der Waals surface area contributed by atoms with Gasteiger partial charge in [-0.15, -0.1) is 14.0 Å². The highest BCUT2D eigenvalue weighted by Gasteiger charge is 2.33. The lowest BCUT2D eigenvalue weighted by Gasteiger charge is -2.13. The zero-order chi connectivity index (χ0) is 11.7. The lowest BCUT2D eigenvalue weighted by molar-refractivity contribution is -0.345. The van der Waals surface area contributed by atoms with Crippen LogP contribution in [-0.4, -0.2) is 19.6 Å². The highest BCUT2D eigenvalue weighted by Crippen LogP contribution is 2.50. The summed E-state index contributed by atoms with van der Waals surface area (Å²) in [5, 5.41) is 0. The monoisotopic (exact) mass is 248 g/mol. The van der Waals surface area contributed by atoms with Crippen molar-refractivity contribution >= 4 is 7.82 Å². The normalized spacial score (nSPS) is 14.1. The minimum Gasteiger partial charge on any atom is -0.227 e. The van der Waals surface area contributed by atoms with E-state index >= 15 is 0 Å². The Morgan fingerprint density at radius 2 is 1.60 bits per heavy atom. The molecule has 0 aromatic carbocycles. The molecule has 1 unspecified atom stereocenters. The smallest absolute Gasteiger partial charge is 0.227 e. The maximum atomic E-state index is 12.2. The molecule has 0 radical (unpaired) electrons. The Balaban J connectivity index is 4.08. The topological polar surface area (TPSA) is 72.5 Å². The second-order valence-corrected chi connectivity index (χ2v) is 3.46. The van der Waals surface area contributed by atoms with E-state index in [1.165, 1.54) is 0 Å². The van der Waals surface area contributed by atoms with Crippen LogP contribution in [0.15, 0.2) is 0 Å². The van der Waals surface area contributed by atoms with Crippen molar-refractivity contribution < 1.29 is 37.6 Å². The molecule has 0 fully saturated rings. The van der Waals surface area contributed by atoms with Crippen LogP contribution in [-0.2, 0) is 33.3 Å². The molecule has 9 heteroatoms. The minimum atomic E-state index is -4.21. The van der Waals surface area contributed by atoms with E-state index in [1.807, 2.05) is 0 Å². The van der Waals surface area contributed by atoms with Gasteiger partial charge in [-0.1, -0.05) is 0 Å². The number of alkyl halides is 1. The summed E-state index contributed by atoms with van der Waals surface area (Å²) in [5.74, 6) is 0. The maximum absolute atomic E-state index is 12.2. The molecule has 0 aromatic heterocycles. The number of phosphoric acid groups is 1. The maximum Gasteiger partial charge on any atom is 0.556 e. The Hall–Kier alpha value is -0.0800. The molecule has 0 bridgehead atoms. The van der Waals surface area contributed by atoms with Gasteiger partial charge >= 0.3 is 7.82 Å². The molecular formula is C6H14FO7P. The first kappa shape index (κ1) is 14.9. The van der Waals surface area contributed by atoms with E-state index in [1.54, 1.807) is 13.8 Å². The summed E-state index contributed by atoms with van der Waals surface area (Å²) in [7, 11) is -4.21. The molecule has 0 N–H and O–H groups in total. The SMILES string of the molecule is CCOOP(=O)(OOCC)OOC(C)F. The average Bonchev–Trinajstić information content (AvgIpc) is 2.21. The van der Waals surface area contributed by atoms with Crippen molar-refractivity contribution in [3.05, 3.63) is 0 Å². The first-order valence-corrected chi connectivity index (χ1v) is 5.71. The van der Waals surface area contributed by atoms with Crippen LogP contribution in [0.4, 0.5) is 4.39 Å². The molecule has 0 saturated heterocycles. The third-order valence-corrected chi connectivity index (χ3v) is 1.64. The molecule has 0 aliphatic carbocycles. The molecule has 0 spiro atoms. The Bertz CT molecular complexity index is 188. The van der Waals surface area contributed by atoms with Gasteiger partial charge in [0.15, 0.2) is 0 Å². The molecule has 0 saturated carbocycles. The van der Waals surface area contributed by atoms with Crippen LogP contribution >= 0.6 is 7.82 Å². The third-order valence-electron chi connectivity index (χ3n) is 0.791. The second-order valence-electron chi connectivity index (χ2n) is 2.12. The molecule has 92 valence electrons. The van der Waals surface area contributed by atoms with Crippen molar-refractivity contribution in [3.8, 4) is 0 Å². The predicted octanol–water partition coefficient (Wildman–Crippen LogP) is 2.29. The number of hydrogen-bond acceptors (Lipinski definition) is 7. The van der Waals surface area contributed by atoms with Gasteiger partial charge in [0.05, 0.1) is 13.2 Å². The van der Waals surface area contributed by atoms with Gasteiger partial charge in [0, 0.05) is 0 Å². The first-order chi connectivity index (χ1) is 7.04. The van der Waals surface area contributed by atoms with Crippen LogP contribution in [0.1, 0.15) is 20.8 Å². The lowest BCUT2D eigenvalue weighted by Crippen LogP contribution is -2.06. The van der Waals surface area contributed by atoms with E-state index < -0.39 is 14.2 Å². The van der Waals surface area contributed by atoms with Crippen LogP contribution in [0.2, 0.25) is 0 Å². The van der Waals surface area contributed by atoms with Gasteiger partial charge in [0.1, 0.15) is 0 Å². The summed E-state index contributed by atoms with van der Waals surface area (Å²) in [5.41, 5.74) is 0. The molecule has 0 heterocycles. The summed E-state index contributed by atoms with van der Waals surface area (Å²) in [4.78, 5) is 12.6. The standard InChI is InChI=1S/C6H14FO7P/c1-4-9-12-15(8,13-10-5-2)14-11-6(3)7/h6H,4-5H2,1-3H3. The van der Waals surface area contributed by atoms with Gasteiger partial charge in [0.25, 0.3) is 0 Å². The molecule has 7 nitrogen and oxygen atoms in total. The number of halogens is 1. The van der Waals surface area contributed by atoms with Gasteiger partial charge < -0.3 is 0 Å². The fourth-order valence-electron chi connectivity index (χ4n) is 0.384. The Kier molecular flexibility index (Phi) is 8.07. The summed E-state index contributed by atoms with van der Waals surface area (Å²) in [6.45, 7) is 4.35. The summed E-state index contributed by atoms with van der Waals surface area (Å²) in [6.07, 6.45) is -1.80. The van der Waals surface area contributed by atoms with E-state index in [0.29, 0.717) is 0 Å². The van der Waals surface area contributed by atoms with Gasteiger partial charge in [-0.05, 0) is 20.8 Å². The molecule has 0 rings (SSSR count). The van der Waals surface area contributed by atoms with Gasteiger partial charge in [-0.25, -0.2) is 18.7 Å². The van der Waals surface area contributed by atoms with Gasteiger partial charge in [-0.3, -0.25) is 0 Å². The molecule has 0 aliphatic heterocycles. The van der Waals surface area contributed by atoms with Crippen molar-refractivity contribution in [1.29, 1.82) is 0 Å². The molecule has 15 heavy (non-hydrogen) atoms. The van der Waals surface area contributed by atoms with Crippen molar-refractivity contribution in [2.75, 3.05) is 13.2 Å². The Morgan fingerprint density at radius 3 is 1.93 bits per heavy atom. The summed E-state index contributed by atoms with van der Waals surface area (Å²) < 4.78 is 36.2. The fraction of sp³-hybridized carbons (Fsp3) is 1.00. The van der Waals surface area contributed by atoms with Crippen molar-refractivity contribution in [3.63, 3.8) is 0 Å². The van der Waals surface area contributed by atoms with Crippen LogP contribution in [0.5, 0.6) is 0 Å². The second kappa shape index (κ2) is 8.12. The minimum absolute atomic E-state index is 0.0913. The molecule has 0 amide bonds. The molecule has 0 aliphatic rings. The zero-order valence-electron chi connectivity index (χ0n) is 8.67. The van der Waals surface area contributed by atoms with Crippen LogP contribution in [0.3, 0.4) is 0 Å². The van der Waals surface area contributed by atoms with Gasteiger partial charge in [0.2, 0.25) is 6.36 Å². The molecule has 0 aromatic rings. The van der Waals surface area contributed by atoms with Crippen LogP contribution < -0.4 is 0 Å². The predicted molar refractivity (Wildman–Crippen MR) is 45.8 cm³/mol. The Labute approximate surface area is 86.7 Å². The molecule has 1 atom stereocenters. The first-order valence-electron chi connectivity index (χ1n) is 4.25. The Morgan fingerprint density at radius 1 is 1.13 bits per heavy atom. The molecular weight excluding hydrogens is 234 g/mol. The highest BCUT2D eigenvalue weighted by atomic mass is 31.2. The largest absolute Gasteiger partial charge is 0.556 e. The van der Waals surface area contributed by atoms with E-state index in [0.717, 1.165) is 6.92 Å². The van der Waals surface area contributed by atoms with E-state index in [9.17, 15) is 8.96 Å². The van der Waals surface area contributed by atoms with E-state index in [2.05, 4.69) is 28.7 Å². The van der Waals surface area contributed by atoms with Crippen molar-refractivity contribution in [1.82, 2.24) is 0 Å². The number of rotatable bonds is 9. The van der Waals surface area contributed by atoms with Crippen molar-refractivity contribution in [2.45, 2.75) is 27.1 Å². The van der Waals surface area contributed by atoms with Gasteiger partial charge in [-0.2, -0.15) is 4.89 Å². The van der Waals surface area contributed by atoms with E-state index in [4.69, 9.17) is 0 Å². The quantitative estimate of drug-likeness (QED) is 0.352. The summed E-state index contributed by atoms with van der Waals surface area (Å²) in [6, 6.07) is 0. The number of hydrogen-bond donors (Lipinski definition) is 0. The highest BCUT2D eigenvalue weighted by molar-refractivity contribution is 7.48. The van der Waals surface area contributed by atoms with Crippen LogP contribution in [0.25, 0.3) is 0 Å². The fourth-order valence-corrected chi connectivity index (χ4v) is 1.15.